The highest BCUT2D eigenvalue weighted by molar-refractivity contribution is 6.31. The van der Waals surface area contributed by atoms with Crippen LogP contribution in [0.3, 0.4) is 0 Å². The number of aliphatic hydroxyl groups is 1. The standard InChI is InChI=1S/C19H21ClN4O3/c1-12-9-15(17(27-2)10-13(12)20)22-18(26)11-24-16-6-4-3-5-14(16)23-19(24)21-7-8-25/h3-6,9-10,25H,7-8,11H2,1-2H3,(H,21,23)(H,22,26). The summed E-state index contributed by atoms with van der Waals surface area (Å²) < 4.78 is 7.08. The second-order valence-corrected chi connectivity index (χ2v) is 6.42. The van der Waals surface area contributed by atoms with Crippen molar-refractivity contribution in [2.24, 2.45) is 0 Å². The van der Waals surface area contributed by atoms with Gasteiger partial charge in [-0.3, -0.25) is 4.79 Å². The number of ether oxygens (including phenoxy) is 1. The van der Waals surface area contributed by atoms with Gasteiger partial charge < -0.3 is 25.0 Å². The first-order valence-electron chi connectivity index (χ1n) is 8.47. The molecule has 0 fully saturated rings. The largest absolute Gasteiger partial charge is 0.495 e. The smallest absolute Gasteiger partial charge is 0.244 e. The van der Waals surface area contributed by atoms with Crippen LogP contribution < -0.4 is 15.4 Å². The van der Waals surface area contributed by atoms with E-state index in [9.17, 15) is 4.79 Å². The molecule has 0 radical (unpaired) electrons. The highest BCUT2D eigenvalue weighted by Gasteiger charge is 2.15. The molecule has 0 spiro atoms. The molecule has 0 aliphatic rings. The van der Waals surface area contributed by atoms with Crippen LogP contribution in [0.4, 0.5) is 11.6 Å². The molecule has 7 nitrogen and oxygen atoms in total. The summed E-state index contributed by atoms with van der Waals surface area (Å²) in [6.07, 6.45) is 0. The van der Waals surface area contributed by atoms with E-state index in [1.54, 1.807) is 16.7 Å². The zero-order valence-corrected chi connectivity index (χ0v) is 15.9. The number of hydrogen-bond acceptors (Lipinski definition) is 5. The van der Waals surface area contributed by atoms with Gasteiger partial charge in [0.1, 0.15) is 12.3 Å². The van der Waals surface area contributed by atoms with Gasteiger partial charge >= 0.3 is 0 Å². The summed E-state index contributed by atoms with van der Waals surface area (Å²) in [7, 11) is 1.52. The van der Waals surface area contributed by atoms with E-state index >= 15 is 0 Å². The Bertz CT molecular complexity index is 971. The molecule has 0 atom stereocenters. The first-order valence-corrected chi connectivity index (χ1v) is 8.85. The molecule has 2 aromatic carbocycles. The summed E-state index contributed by atoms with van der Waals surface area (Å²) >= 11 is 6.12. The average Bonchev–Trinajstić information content (AvgIpc) is 3.00. The maximum absolute atomic E-state index is 12.7. The summed E-state index contributed by atoms with van der Waals surface area (Å²) in [5, 5.41) is 15.6. The Morgan fingerprint density at radius 1 is 1.33 bits per heavy atom. The number of amides is 1. The van der Waals surface area contributed by atoms with Crippen LogP contribution in [0.25, 0.3) is 11.0 Å². The van der Waals surface area contributed by atoms with Crippen LogP contribution in [0.15, 0.2) is 36.4 Å². The molecule has 0 saturated heterocycles. The fourth-order valence-electron chi connectivity index (χ4n) is 2.80. The molecule has 0 saturated carbocycles. The number of nitrogens with zero attached hydrogens (tertiary/aromatic N) is 2. The van der Waals surface area contributed by atoms with E-state index in [-0.39, 0.29) is 19.1 Å². The Kier molecular flexibility index (Phi) is 5.83. The number of imidazole rings is 1. The van der Waals surface area contributed by atoms with Crippen molar-refractivity contribution in [1.82, 2.24) is 9.55 Å². The minimum absolute atomic E-state index is 0.0311. The van der Waals surface area contributed by atoms with E-state index in [1.165, 1.54) is 7.11 Å². The number of halogens is 1. The highest BCUT2D eigenvalue weighted by atomic mass is 35.5. The van der Waals surface area contributed by atoms with E-state index < -0.39 is 0 Å². The second-order valence-electron chi connectivity index (χ2n) is 6.01. The van der Waals surface area contributed by atoms with Gasteiger partial charge in [0, 0.05) is 17.6 Å². The molecule has 3 aromatic rings. The molecule has 142 valence electrons. The van der Waals surface area contributed by atoms with E-state index in [4.69, 9.17) is 21.4 Å². The maximum atomic E-state index is 12.7. The van der Waals surface area contributed by atoms with Crippen molar-refractivity contribution in [1.29, 1.82) is 0 Å². The number of hydrogen-bond donors (Lipinski definition) is 3. The van der Waals surface area contributed by atoms with Gasteiger partial charge in [0.25, 0.3) is 0 Å². The van der Waals surface area contributed by atoms with Crippen LogP contribution in [-0.4, -0.2) is 40.8 Å². The molecule has 0 unspecified atom stereocenters. The van der Waals surface area contributed by atoms with Crippen LogP contribution in [0.2, 0.25) is 5.02 Å². The minimum Gasteiger partial charge on any atom is -0.495 e. The topological polar surface area (TPSA) is 88.4 Å². The van der Waals surface area contributed by atoms with Crippen LogP contribution in [0.1, 0.15) is 5.56 Å². The maximum Gasteiger partial charge on any atom is 0.244 e. The summed E-state index contributed by atoms with van der Waals surface area (Å²) in [4.78, 5) is 17.2. The third kappa shape index (κ3) is 4.15. The number of anilines is 2. The van der Waals surface area contributed by atoms with E-state index in [1.807, 2.05) is 31.2 Å². The van der Waals surface area contributed by atoms with Crippen LogP contribution >= 0.6 is 11.6 Å². The zero-order valence-electron chi connectivity index (χ0n) is 15.1. The summed E-state index contributed by atoms with van der Waals surface area (Å²) in [5.74, 6) is 0.790. The van der Waals surface area contributed by atoms with E-state index in [0.29, 0.717) is 29.0 Å². The summed E-state index contributed by atoms with van der Waals surface area (Å²) in [5.41, 5.74) is 2.99. The molecule has 1 amide bonds. The Morgan fingerprint density at radius 3 is 2.85 bits per heavy atom. The van der Waals surface area contributed by atoms with Gasteiger partial charge in [0.05, 0.1) is 30.4 Å². The number of benzene rings is 2. The third-order valence-corrected chi connectivity index (χ3v) is 4.51. The molecule has 8 heteroatoms. The van der Waals surface area contributed by atoms with Crippen molar-refractivity contribution in [3.8, 4) is 5.75 Å². The summed E-state index contributed by atoms with van der Waals surface area (Å²) in [6.45, 7) is 2.22. The number of aryl methyl sites for hydroxylation is 1. The third-order valence-electron chi connectivity index (χ3n) is 4.11. The van der Waals surface area contributed by atoms with E-state index in [2.05, 4.69) is 15.6 Å². The van der Waals surface area contributed by atoms with Crippen molar-refractivity contribution in [2.75, 3.05) is 30.9 Å². The highest BCUT2D eigenvalue weighted by Crippen LogP contribution is 2.31. The van der Waals surface area contributed by atoms with Gasteiger partial charge in [-0.25, -0.2) is 4.98 Å². The molecule has 27 heavy (non-hydrogen) atoms. The van der Waals surface area contributed by atoms with Gasteiger partial charge in [0.15, 0.2) is 0 Å². The number of carbonyl (C=O) groups is 1. The number of nitrogens with one attached hydrogen (secondary N) is 2. The number of methoxy groups -OCH3 is 1. The Labute approximate surface area is 161 Å². The molecule has 1 heterocycles. The lowest BCUT2D eigenvalue weighted by Gasteiger charge is -2.14. The molecular formula is C19H21ClN4O3. The van der Waals surface area contributed by atoms with Gasteiger partial charge in [-0.1, -0.05) is 23.7 Å². The van der Waals surface area contributed by atoms with Gasteiger partial charge in [-0.2, -0.15) is 0 Å². The Balaban J connectivity index is 1.87. The molecule has 3 N–H and O–H groups in total. The number of rotatable bonds is 7. The molecule has 3 rings (SSSR count). The average molecular weight is 389 g/mol. The van der Waals surface area contributed by atoms with Crippen molar-refractivity contribution in [2.45, 2.75) is 13.5 Å². The molecule has 0 aliphatic heterocycles. The minimum atomic E-state index is -0.231. The number of para-hydroxylation sites is 2. The quantitative estimate of drug-likeness (QED) is 0.579. The van der Waals surface area contributed by atoms with Crippen molar-refractivity contribution >= 4 is 40.2 Å². The first kappa shape index (κ1) is 19.0. The zero-order chi connectivity index (χ0) is 19.4. The van der Waals surface area contributed by atoms with E-state index in [0.717, 1.165) is 16.6 Å². The number of carbonyl (C=O) groups excluding carboxylic acids is 1. The van der Waals surface area contributed by atoms with Crippen molar-refractivity contribution < 1.29 is 14.6 Å². The number of aliphatic hydroxyl groups excluding tert-OH is 1. The lowest BCUT2D eigenvalue weighted by Crippen LogP contribution is -2.21. The fraction of sp³-hybridized carbons (Fsp3) is 0.263. The number of aromatic nitrogens is 2. The lowest BCUT2D eigenvalue weighted by atomic mass is 10.2. The second kappa shape index (κ2) is 8.28. The van der Waals surface area contributed by atoms with Crippen molar-refractivity contribution in [3.05, 3.63) is 47.0 Å². The molecule has 1 aromatic heterocycles. The molecule has 0 aliphatic carbocycles. The normalized spacial score (nSPS) is 10.8. The predicted molar refractivity (Wildman–Crippen MR) is 107 cm³/mol. The monoisotopic (exact) mass is 388 g/mol. The molecule has 0 bridgehead atoms. The summed E-state index contributed by atoms with van der Waals surface area (Å²) in [6, 6.07) is 11.0. The van der Waals surface area contributed by atoms with Gasteiger partial charge in [-0.05, 0) is 30.7 Å². The van der Waals surface area contributed by atoms with Gasteiger partial charge in [0.2, 0.25) is 11.9 Å². The fourth-order valence-corrected chi connectivity index (χ4v) is 2.96. The van der Waals surface area contributed by atoms with Crippen LogP contribution in [0, 0.1) is 6.92 Å². The Hall–Kier alpha value is -2.77. The van der Waals surface area contributed by atoms with Crippen molar-refractivity contribution in [3.63, 3.8) is 0 Å². The van der Waals surface area contributed by atoms with Crippen LogP contribution in [0.5, 0.6) is 5.75 Å². The lowest BCUT2D eigenvalue weighted by molar-refractivity contribution is -0.116. The van der Waals surface area contributed by atoms with Crippen LogP contribution in [-0.2, 0) is 11.3 Å². The molecular weight excluding hydrogens is 368 g/mol. The van der Waals surface area contributed by atoms with Gasteiger partial charge in [-0.15, -0.1) is 0 Å². The Morgan fingerprint density at radius 2 is 2.11 bits per heavy atom. The predicted octanol–water partition coefficient (Wildman–Crippen LogP) is 3.05. The first-order chi connectivity index (χ1) is 13.0. The SMILES string of the molecule is COc1cc(Cl)c(C)cc1NC(=O)Cn1c(NCCO)nc2ccccc21. The number of fused-ring (bicyclic) bond motifs is 1.